The predicted molar refractivity (Wildman–Crippen MR) is 73.2 cm³/mol. The van der Waals surface area contributed by atoms with Crippen molar-refractivity contribution < 1.29 is 9.84 Å². The zero-order valence-corrected chi connectivity index (χ0v) is 11.1. The molecule has 0 atom stereocenters. The molecule has 0 unspecified atom stereocenters. The van der Waals surface area contributed by atoms with Gasteiger partial charge in [0.15, 0.2) is 0 Å². The van der Waals surface area contributed by atoms with Gasteiger partial charge in [-0.3, -0.25) is 0 Å². The molecular weight excluding hydrogens is 271 g/mol. The Bertz CT molecular complexity index is 527. The Balaban J connectivity index is 2.19. The zero-order chi connectivity index (χ0) is 13.0. The summed E-state index contributed by atoms with van der Waals surface area (Å²) in [5.74, 6) is 0.479. The van der Waals surface area contributed by atoms with Gasteiger partial charge in [0, 0.05) is 10.6 Å². The molecule has 0 fully saturated rings. The predicted octanol–water partition coefficient (Wildman–Crippen LogP) is 4.06. The van der Waals surface area contributed by atoms with Gasteiger partial charge in [0.25, 0.3) is 0 Å². The molecule has 0 radical (unpaired) electrons. The number of aliphatic hydroxyl groups excluding tert-OH is 1. The lowest BCUT2D eigenvalue weighted by atomic mass is 10.2. The van der Waals surface area contributed by atoms with Gasteiger partial charge in [0.2, 0.25) is 0 Å². The molecule has 0 amide bonds. The maximum Gasteiger partial charge on any atom is 0.144 e. The van der Waals surface area contributed by atoms with Crippen LogP contribution < -0.4 is 4.74 Å². The van der Waals surface area contributed by atoms with E-state index in [1.807, 2.05) is 30.3 Å². The number of hydrogen-bond donors (Lipinski definition) is 1. The van der Waals surface area contributed by atoms with Gasteiger partial charge < -0.3 is 9.84 Å². The van der Waals surface area contributed by atoms with Gasteiger partial charge in [-0.2, -0.15) is 0 Å². The van der Waals surface area contributed by atoms with Crippen LogP contribution in [0.15, 0.2) is 42.5 Å². The Morgan fingerprint density at radius 2 is 1.78 bits per heavy atom. The van der Waals surface area contributed by atoms with Crippen LogP contribution in [0.1, 0.15) is 11.1 Å². The SMILES string of the molecule is OCc1cc(Cl)cc(Cl)c1OCc1ccccc1. The van der Waals surface area contributed by atoms with Crippen molar-refractivity contribution in [2.75, 3.05) is 0 Å². The van der Waals surface area contributed by atoms with Gasteiger partial charge in [0.1, 0.15) is 12.4 Å². The first-order valence-electron chi connectivity index (χ1n) is 5.46. The monoisotopic (exact) mass is 282 g/mol. The number of rotatable bonds is 4. The Kier molecular flexibility index (Phi) is 4.48. The van der Waals surface area contributed by atoms with Crippen molar-refractivity contribution in [1.29, 1.82) is 0 Å². The van der Waals surface area contributed by atoms with Crippen LogP contribution in [0, 0.1) is 0 Å². The second-order valence-corrected chi connectivity index (χ2v) is 4.65. The standard InChI is InChI=1S/C14H12Cl2O2/c15-12-6-11(8-17)14(13(16)7-12)18-9-10-4-2-1-3-5-10/h1-7,17H,8-9H2. The third-order valence-electron chi connectivity index (χ3n) is 2.48. The molecule has 0 aliphatic rings. The van der Waals surface area contributed by atoms with Crippen molar-refractivity contribution >= 4 is 23.2 Å². The molecule has 0 saturated carbocycles. The first-order valence-corrected chi connectivity index (χ1v) is 6.22. The molecule has 18 heavy (non-hydrogen) atoms. The van der Waals surface area contributed by atoms with E-state index in [0.29, 0.717) is 28.0 Å². The molecule has 0 bridgehead atoms. The molecule has 0 aliphatic carbocycles. The van der Waals surface area contributed by atoms with Gasteiger partial charge in [0.05, 0.1) is 11.6 Å². The van der Waals surface area contributed by atoms with Crippen LogP contribution in [0.25, 0.3) is 0 Å². The third-order valence-corrected chi connectivity index (χ3v) is 2.98. The minimum atomic E-state index is -0.162. The van der Waals surface area contributed by atoms with E-state index < -0.39 is 0 Å². The van der Waals surface area contributed by atoms with E-state index in [1.54, 1.807) is 12.1 Å². The lowest BCUT2D eigenvalue weighted by Gasteiger charge is -2.12. The molecule has 4 heteroatoms. The molecule has 1 N–H and O–H groups in total. The minimum Gasteiger partial charge on any atom is -0.487 e. The quantitative estimate of drug-likeness (QED) is 0.916. The number of aliphatic hydroxyl groups is 1. The van der Waals surface area contributed by atoms with E-state index in [1.165, 1.54) is 0 Å². The van der Waals surface area contributed by atoms with Crippen LogP contribution in [-0.4, -0.2) is 5.11 Å². The second-order valence-electron chi connectivity index (χ2n) is 3.81. The van der Waals surface area contributed by atoms with E-state index in [2.05, 4.69) is 0 Å². The lowest BCUT2D eigenvalue weighted by Crippen LogP contribution is -1.99. The lowest BCUT2D eigenvalue weighted by molar-refractivity contribution is 0.259. The highest BCUT2D eigenvalue weighted by Gasteiger charge is 2.10. The van der Waals surface area contributed by atoms with E-state index in [-0.39, 0.29) is 6.61 Å². The summed E-state index contributed by atoms with van der Waals surface area (Å²) in [7, 11) is 0. The van der Waals surface area contributed by atoms with Crippen molar-refractivity contribution in [2.24, 2.45) is 0 Å². The van der Waals surface area contributed by atoms with Gasteiger partial charge >= 0.3 is 0 Å². The zero-order valence-electron chi connectivity index (χ0n) is 9.57. The van der Waals surface area contributed by atoms with Crippen molar-refractivity contribution in [3.63, 3.8) is 0 Å². The molecule has 0 spiro atoms. The molecule has 2 rings (SSSR count). The molecule has 2 aromatic rings. The average molecular weight is 283 g/mol. The van der Waals surface area contributed by atoms with Crippen molar-refractivity contribution in [2.45, 2.75) is 13.2 Å². The molecule has 0 saturated heterocycles. The molecule has 2 aromatic carbocycles. The van der Waals surface area contributed by atoms with E-state index in [9.17, 15) is 5.11 Å². The summed E-state index contributed by atoms with van der Waals surface area (Å²) in [4.78, 5) is 0. The molecule has 94 valence electrons. The third kappa shape index (κ3) is 3.16. The summed E-state index contributed by atoms with van der Waals surface area (Å²) in [5.41, 5.74) is 1.62. The molecule has 0 aromatic heterocycles. The summed E-state index contributed by atoms with van der Waals surface area (Å²) in [6.45, 7) is 0.236. The minimum absolute atomic E-state index is 0.162. The highest BCUT2D eigenvalue weighted by atomic mass is 35.5. The van der Waals surface area contributed by atoms with Gasteiger partial charge in [-0.15, -0.1) is 0 Å². The molecule has 0 aliphatic heterocycles. The highest BCUT2D eigenvalue weighted by Crippen LogP contribution is 2.33. The van der Waals surface area contributed by atoms with Crippen LogP contribution in [0.2, 0.25) is 10.0 Å². The summed E-state index contributed by atoms with van der Waals surface area (Å²) >= 11 is 11.9. The fourth-order valence-electron chi connectivity index (χ4n) is 1.62. The van der Waals surface area contributed by atoms with Crippen LogP contribution in [-0.2, 0) is 13.2 Å². The summed E-state index contributed by atoms with van der Waals surface area (Å²) in [6, 6.07) is 13.0. The molecule has 2 nitrogen and oxygen atoms in total. The van der Waals surface area contributed by atoms with Crippen molar-refractivity contribution in [3.05, 3.63) is 63.6 Å². The average Bonchev–Trinajstić information content (AvgIpc) is 2.38. The smallest absolute Gasteiger partial charge is 0.144 e. The van der Waals surface area contributed by atoms with E-state index in [4.69, 9.17) is 27.9 Å². The fourth-order valence-corrected chi connectivity index (χ4v) is 2.21. The Hall–Kier alpha value is -1.22. The highest BCUT2D eigenvalue weighted by molar-refractivity contribution is 6.35. The first-order chi connectivity index (χ1) is 8.70. The topological polar surface area (TPSA) is 29.5 Å². The number of halogens is 2. The second kappa shape index (κ2) is 6.10. The van der Waals surface area contributed by atoms with Gasteiger partial charge in [-0.05, 0) is 17.7 Å². The van der Waals surface area contributed by atoms with E-state index in [0.717, 1.165) is 5.56 Å². The summed E-state index contributed by atoms with van der Waals surface area (Å²) < 4.78 is 5.65. The Labute approximate surface area is 116 Å². The van der Waals surface area contributed by atoms with Crippen LogP contribution in [0.4, 0.5) is 0 Å². The van der Waals surface area contributed by atoms with Crippen molar-refractivity contribution in [1.82, 2.24) is 0 Å². The number of benzene rings is 2. The Morgan fingerprint density at radius 3 is 2.44 bits per heavy atom. The molecular formula is C14H12Cl2O2. The van der Waals surface area contributed by atoms with Gasteiger partial charge in [-0.1, -0.05) is 53.5 Å². The summed E-state index contributed by atoms with van der Waals surface area (Å²) in [6.07, 6.45) is 0. The number of ether oxygens (including phenoxy) is 1. The van der Waals surface area contributed by atoms with Crippen LogP contribution in [0.5, 0.6) is 5.75 Å². The summed E-state index contributed by atoms with van der Waals surface area (Å²) in [5, 5.41) is 10.2. The van der Waals surface area contributed by atoms with Crippen molar-refractivity contribution in [3.8, 4) is 5.75 Å². The fraction of sp³-hybridized carbons (Fsp3) is 0.143. The van der Waals surface area contributed by atoms with Gasteiger partial charge in [-0.25, -0.2) is 0 Å². The van der Waals surface area contributed by atoms with E-state index >= 15 is 0 Å². The first kappa shape index (κ1) is 13.2. The maximum atomic E-state index is 9.27. The Morgan fingerprint density at radius 1 is 1.06 bits per heavy atom. The largest absolute Gasteiger partial charge is 0.487 e. The van der Waals surface area contributed by atoms with Crippen LogP contribution >= 0.6 is 23.2 Å². The number of hydrogen-bond acceptors (Lipinski definition) is 2. The normalized spacial score (nSPS) is 10.4. The maximum absolute atomic E-state index is 9.27. The van der Waals surface area contributed by atoms with Crippen LogP contribution in [0.3, 0.4) is 0 Å². The molecule has 0 heterocycles.